The normalized spacial score (nSPS) is 9.65. The molecule has 2 rings (SSSR count). The molecule has 1 aromatic heterocycles. The third-order valence-electron chi connectivity index (χ3n) is 2.59. The fraction of sp³-hybridized carbons (Fsp3) is 0.143. The molecular formula is C14H12N2O. The molecule has 0 spiro atoms. The zero-order valence-electron chi connectivity index (χ0n) is 9.34. The van der Waals surface area contributed by atoms with Gasteiger partial charge in [0.2, 0.25) is 6.08 Å². The van der Waals surface area contributed by atoms with Crippen molar-refractivity contribution in [2.24, 2.45) is 4.99 Å². The van der Waals surface area contributed by atoms with Crippen molar-refractivity contribution in [3.63, 3.8) is 0 Å². The Morgan fingerprint density at radius 3 is 2.59 bits per heavy atom. The first kappa shape index (κ1) is 11.2. The van der Waals surface area contributed by atoms with Crippen LogP contribution in [0.2, 0.25) is 0 Å². The maximum absolute atomic E-state index is 10.3. The van der Waals surface area contributed by atoms with E-state index in [9.17, 15) is 4.79 Å². The van der Waals surface area contributed by atoms with Crippen molar-refractivity contribution in [3.8, 4) is 0 Å². The van der Waals surface area contributed by atoms with Gasteiger partial charge in [-0.3, -0.25) is 4.98 Å². The molecule has 1 heterocycles. The Balaban J connectivity index is 2.11. The molecule has 3 nitrogen and oxygen atoms in total. The zero-order valence-corrected chi connectivity index (χ0v) is 9.34. The van der Waals surface area contributed by atoms with Gasteiger partial charge < -0.3 is 0 Å². The number of aromatic nitrogens is 1. The molecule has 0 aliphatic heterocycles. The average molecular weight is 224 g/mol. The quantitative estimate of drug-likeness (QED) is 0.592. The van der Waals surface area contributed by atoms with Crippen molar-refractivity contribution in [2.45, 2.75) is 12.8 Å². The lowest BCUT2D eigenvalue weighted by Gasteiger charge is -2.04. The van der Waals surface area contributed by atoms with Gasteiger partial charge >= 0.3 is 0 Å². The van der Waals surface area contributed by atoms with Gasteiger partial charge in [-0.05, 0) is 42.2 Å². The summed E-state index contributed by atoms with van der Waals surface area (Å²) in [7, 11) is 0. The number of carbonyl (C=O) groups excluding carboxylic acids is 1. The van der Waals surface area contributed by atoms with E-state index < -0.39 is 0 Å². The van der Waals surface area contributed by atoms with Crippen LogP contribution in [0.5, 0.6) is 0 Å². The Kier molecular flexibility index (Phi) is 3.79. The number of pyridine rings is 1. The Hall–Kier alpha value is -2.25. The van der Waals surface area contributed by atoms with Crippen LogP contribution in [0.3, 0.4) is 0 Å². The molecule has 0 atom stereocenters. The zero-order chi connectivity index (χ0) is 11.9. The molecule has 3 heteroatoms. The lowest BCUT2D eigenvalue weighted by molar-refractivity contribution is 0.565. The van der Waals surface area contributed by atoms with Gasteiger partial charge in [0, 0.05) is 12.4 Å². The van der Waals surface area contributed by atoms with E-state index in [1.165, 1.54) is 5.56 Å². The molecule has 0 N–H and O–H groups in total. The number of hydrogen-bond acceptors (Lipinski definition) is 3. The standard InChI is InChI=1S/C14H12N2O/c17-11-16-14-4-2-1-3-13(14)6-5-12-7-9-15-10-8-12/h1-4,7-10H,5-6H2. The highest BCUT2D eigenvalue weighted by atomic mass is 16.1. The van der Waals surface area contributed by atoms with Crippen molar-refractivity contribution in [1.82, 2.24) is 4.98 Å². The number of nitrogens with zero attached hydrogens (tertiary/aromatic N) is 2. The van der Waals surface area contributed by atoms with E-state index in [4.69, 9.17) is 0 Å². The molecule has 0 saturated heterocycles. The highest BCUT2D eigenvalue weighted by Gasteiger charge is 2.01. The van der Waals surface area contributed by atoms with E-state index in [-0.39, 0.29) is 0 Å². The summed E-state index contributed by atoms with van der Waals surface area (Å²) >= 11 is 0. The molecule has 0 unspecified atom stereocenters. The Bertz CT molecular complexity index is 531. The monoisotopic (exact) mass is 224 g/mol. The van der Waals surface area contributed by atoms with Gasteiger partial charge in [-0.1, -0.05) is 18.2 Å². The van der Waals surface area contributed by atoms with E-state index in [0.717, 1.165) is 18.4 Å². The summed E-state index contributed by atoms with van der Waals surface area (Å²) < 4.78 is 0. The average Bonchev–Trinajstić information content (AvgIpc) is 2.39. The molecule has 0 aliphatic rings. The Labute approximate surface area is 99.9 Å². The van der Waals surface area contributed by atoms with Crippen molar-refractivity contribution >= 4 is 11.8 Å². The van der Waals surface area contributed by atoms with Crippen LogP contribution in [-0.2, 0) is 17.6 Å². The van der Waals surface area contributed by atoms with Crippen molar-refractivity contribution in [1.29, 1.82) is 0 Å². The number of rotatable bonds is 4. The van der Waals surface area contributed by atoms with E-state index >= 15 is 0 Å². The number of para-hydroxylation sites is 1. The highest BCUT2D eigenvalue weighted by molar-refractivity contribution is 5.53. The van der Waals surface area contributed by atoms with Crippen LogP contribution in [0, 0.1) is 0 Å². The van der Waals surface area contributed by atoms with Gasteiger partial charge in [0.05, 0.1) is 5.69 Å². The number of aryl methyl sites for hydroxylation is 2. The predicted octanol–water partition coefficient (Wildman–Crippen LogP) is 2.83. The SMILES string of the molecule is O=C=Nc1ccccc1CCc1ccncc1. The topological polar surface area (TPSA) is 42.3 Å². The van der Waals surface area contributed by atoms with Gasteiger partial charge in [0.15, 0.2) is 0 Å². The maximum Gasteiger partial charge on any atom is 0.240 e. The summed E-state index contributed by atoms with van der Waals surface area (Å²) in [5, 5.41) is 0. The van der Waals surface area contributed by atoms with Gasteiger partial charge in [-0.2, -0.15) is 4.99 Å². The first-order valence-corrected chi connectivity index (χ1v) is 5.45. The Morgan fingerprint density at radius 1 is 1.06 bits per heavy atom. The largest absolute Gasteiger partial charge is 0.265 e. The summed E-state index contributed by atoms with van der Waals surface area (Å²) in [6.07, 6.45) is 6.92. The van der Waals surface area contributed by atoms with Crippen LogP contribution in [0.1, 0.15) is 11.1 Å². The summed E-state index contributed by atoms with van der Waals surface area (Å²) in [5.74, 6) is 0. The molecule has 0 fully saturated rings. The van der Waals surface area contributed by atoms with Crippen LogP contribution in [0.15, 0.2) is 53.8 Å². The van der Waals surface area contributed by atoms with Crippen molar-refractivity contribution in [2.75, 3.05) is 0 Å². The molecule has 1 aromatic carbocycles. The molecule has 0 saturated carbocycles. The van der Waals surface area contributed by atoms with E-state index in [1.54, 1.807) is 18.5 Å². The highest BCUT2D eigenvalue weighted by Crippen LogP contribution is 2.19. The number of benzene rings is 1. The van der Waals surface area contributed by atoms with Crippen LogP contribution < -0.4 is 0 Å². The third kappa shape index (κ3) is 3.10. The molecule has 0 aliphatic carbocycles. The molecule has 0 radical (unpaired) electrons. The number of aliphatic imine (C=N–C) groups is 1. The first-order valence-electron chi connectivity index (χ1n) is 5.45. The van der Waals surface area contributed by atoms with E-state index in [0.29, 0.717) is 5.69 Å². The molecule has 0 amide bonds. The lowest BCUT2D eigenvalue weighted by atomic mass is 10.0. The van der Waals surface area contributed by atoms with Gasteiger partial charge in [0.1, 0.15) is 0 Å². The smallest absolute Gasteiger partial charge is 0.240 e. The summed E-state index contributed by atoms with van der Waals surface area (Å²) in [6, 6.07) is 11.6. The lowest BCUT2D eigenvalue weighted by Crippen LogP contribution is -1.91. The van der Waals surface area contributed by atoms with Gasteiger partial charge in [-0.25, -0.2) is 4.79 Å². The van der Waals surface area contributed by atoms with Gasteiger partial charge in [-0.15, -0.1) is 0 Å². The Morgan fingerprint density at radius 2 is 1.82 bits per heavy atom. The molecule has 17 heavy (non-hydrogen) atoms. The van der Waals surface area contributed by atoms with Gasteiger partial charge in [0.25, 0.3) is 0 Å². The number of isocyanates is 1. The summed E-state index contributed by atoms with van der Waals surface area (Å²) in [4.78, 5) is 18.0. The molecule has 2 aromatic rings. The van der Waals surface area contributed by atoms with Crippen LogP contribution in [0.25, 0.3) is 0 Å². The van der Waals surface area contributed by atoms with Crippen LogP contribution in [-0.4, -0.2) is 11.1 Å². The molecule has 84 valence electrons. The molecule has 0 bridgehead atoms. The minimum Gasteiger partial charge on any atom is -0.265 e. The maximum atomic E-state index is 10.3. The summed E-state index contributed by atoms with van der Waals surface area (Å²) in [6.45, 7) is 0. The fourth-order valence-corrected chi connectivity index (χ4v) is 1.71. The number of hydrogen-bond donors (Lipinski definition) is 0. The minimum atomic E-state index is 0.705. The predicted molar refractivity (Wildman–Crippen MR) is 65.9 cm³/mol. The van der Waals surface area contributed by atoms with Crippen LogP contribution in [0.4, 0.5) is 5.69 Å². The first-order chi connectivity index (χ1) is 8.40. The van der Waals surface area contributed by atoms with E-state index in [2.05, 4.69) is 9.98 Å². The van der Waals surface area contributed by atoms with Crippen molar-refractivity contribution in [3.05, 3.63) is 59.9 Å². The third-order valence-corrected chi connectivity index (χ3v) is 2.59. The second-order valence-corrected chi connectivity index (χ2v) is 3.69. The minimum absolute atomic E-state index is 0.705. The van der Waals surface area contributed by atoms with E-state index in [1.807, 2.05) is 36.4 Å². The fourth-order valence-electron chi connectivity index (χ4n) is 1.71. The van der Waals surface area contributed by atoms with Crippen LogP contribution >= 0.6 is 0 Å². The second kappa shape index (κ2) is 5.73. The summed E-state index contributed by atoms with van der Waals surface area (Å²) in [5.41, 5.74) is 2.99. The van der Waals surface area contributed by atoms with Crippen molar-refractivity contribution < 1.29 is 4.79 Å². The molecular weight excluding hydrogens is 212 g/mol. The second-order valence-electron chi connectivity index (χ2n) is 3.69.